The van der Waals surface area contributed by atoms with E-state index < -0.39 is 23.7 Å². The number of hydrogen-bond acceptors (Lipinski definition) is 6. The molecular formula is C27H31F3N4O6. The van der Waals surface area contributed by atoms with E-state index in [1.54, 1.807) is 36.4 Å². The molecule has 2 aromatic rings. The summed E-state index contributed by atoms with van der Waals surface area (Å²) in [6.07, 6.45) is -0.523. The van der Waals surface area contributed by atoms with Crippen molar-refractivity contribution in [2.45, 2.75) is 43.8 Å². The first-order chi connectivity index (χ1) is 18.8. The van der Waals surface area contributed by atoms with Crippen LogP contribution in [0.1, 0.15) is 52.8 Å². The van der Waals surface area contributed by atoms with Crippen LogP contribution in [0, 0.1) is 0 Å². The van der Waals surface area contributed by atoms with Gasteiger partial charge in [0.2, 0.25) is 5.91 Å². The van der Waals surface area contributed by atoms with Crippen molar-refractivity contribution >= 4 is 35.1 Å². The molecule has 0 radical (unpaired) electrons. The number of amides is 2. The van der Waals surface area contributed by atoms with Gasteiger partial charge in [0.15, 0.2) is 0 Å². The number of carbonyl (C=O) groups excluding carboxylic acids is 2. The minimum atomic E-state index is -5.08. The minimum absolute atomic E-state index is 0.0274. The van der Waals surface area contributed by atoms with Gasteiger partial charge in [0.1, 0.15) is 5.54 Å². The summed E-state index contributed by atoms with van der Waals surface area (Å²) in [4.78, 5) is 50.1. The van der Waals surface area contributed by atoms with E-state index in [0.717, 1.165) is 31.6 Å². The number of aliphatic carboxylic acids is 1. The fraction of sp³-hybridized carbons (Fsp3) is 0.407. The van der Waals surface area contributed by atoms with Crippen LogP contribution in [0.2, 0.25) is 0 Å². The number of hydrogen-bond donors (Lipinski definition) is 4. The van der Waals surface area contributed by atoms with Crippen LogP contribution in [0.4, 0.5) is 24.5 Å². The van der Waals surface area contributed by atoms with Gasteiger partial charge in [-0.2, -0.15) is 13.2 Å². The maximum Gasteiger partial charge on any atom is 0.490 e. The maximum atomic E-state index is 12.5. The smallest absolute Gasteiger partial charge is 0.478 e. The van der Waals surface area contributed by atoms with Crippen LogP contribution in [-0.4, -0.2) is 76.8 Å². The van der Waals surface area contributed by atoms with Crippen LogP contribution in [0.5, 0.6) is 0 Å². The Bertz CT molecular complexity index is 1220. The molecule has 0 bridgehead atoms. The topological polar surface area (TPSA) is 153 Å². The number of carboxylic acids is 2. The van der Waals surface area contributed by atoms with Crippen LogP contribution >= 0.6 is 0 Å². The summed E-state index contributed by atoms with van der Waals surface area (Å²) in [6, 6.07) is 13.7. The fourth-order valence-electron chi connectivity index (χ4n) is 4.97. The molecule has 0 aromatic heterocycles. The molecule has 0 atom stereocenters. The number of benzene rings is 2. The third-order valence-corrected chi connectivity index (χ3v) is 7.14. The largest absolute Gasteiger partial charge is 0.490 e. The molecule has 216 valence electrons. The summed E-state index contributed by atoms with van der Waals surface area (Å²) in [5, 5.41) is 19.6. The standard InChI is InChI=1S/C25H30N4O4.C2HF3O2/c26-24(33)25(29-13-5-2-6-14-29)11-15-28(16-12-25)19-9-10-21(20(17-19)23(31)32)27-22(30)18-7-3-1-4-8-18;3-2(4,5)1(6)7/h1,3-4,7-10,17H,2,5-6,11-16H2,(H2,26,33)(H,27,30)(H,31,32);(H,6,7). The summed E-state index contributed by atoms with van der Waals surface area (Å²) in [5.41, 5.74) is 6.73. The van der Waals surface area contributed by atoms with Gasteiger partial charge in [-0.1, -0.05) is 24.6 Å². The normalized spacial score (nSPS) is 17.2. The highest BCUT2D eigenvalue weighted by Gasteiger charge is 2.45. The van der Waals surface area contributed by atoms with E-state index in [4.69, 9.17) is 15.6 Å². The van der Waals surface area contributed by atoms with Gasteiger partial charge < -0.3 is 26.2 Å². The van der Waals surface area contributed by atoms with Crippen LogP contribution in [0.3, 0.4) is 0 Å². The number of alkyl halides is 3. The number of likely N-dealkylation sites (tertiary alicyclic amines) is 1. The quantitative estimate of drug-likeness (QED) is 0.415. The van der Waals surface area contributed by atoms with E-state index in [9.17, 15) is 32.7 Å². The Morgan fingerprint density at radius 3 is 1.95 bits per heavy atom. The number of nitrogens with zero attached hydrogens (tertiary/aromatic N) is 2. The highest BCUT2D eigenvalue weighted by molar-refractivity contribution is 6.08. The summed E-state index contributed by atoms with van der Waals surface area (Å²) in [5.74, 6) is -4.50. The summed E-state index contributed by atoms with van der Waals surface area (Å²) in [6.45, 7) is 2.99. The summed E-state index contributed by atoms with van der Waals surface area (Å²) >= 11 is 0. The second kappa shape index (κ2) is 12.8. The number of piperidine rings is 2. The van der Waals surface area contributed by atoms with Crippen molar-refractivity contribution in [2.75, 3.05) is 36.4 Å². The van der Waals surface area contributed by atoms with Crippen LogP contribution in [0.15, 0.2) is 48.5 Å². The van der Waals surface area contributed by atoms with Gasteiger partial charge in [-0.15, -0.1) is 0 Å². The first-order valence-corrected chi connectivity index (χ1v) is 12.7. The highest BCUT2D eigenvalue weighted by atomic mass is 19.4. The van der Waals surface area contributed by atoms with Crippen molar-refractivity contribution in [1.82, 2.24) is 4.90 Å². The van der Waals surface area contributed by atoms with Crippen molar-refractivity contribution in [2.24, 2.45) is 5.73 Å². The molecule has 4 rings (SSSR count). The van der Waals surface area contributed by atoms with Gasteiger partial charge in [0.05, 0.1) is 11.3 Å². The van der Waals surface area contributed by atoms with Gasteiger partial charge in [0.25, 0.3) is 5.91 Å². The van der Waals surface area contributed by atoms with E-state index >= 15 is 0 Å². The molecule has 0 aliphatic carbocycles. The molecule has 2 fully saturated rings. The minimum Gasteiger partial charge on any atom is -0.478 e. The van der Waals surface area contributed by atoms with Crippen molar-refractivity contribution in [3.05, 3.63) is 59.7 Å². The maximum absolute atomic E-state index is 12.5. The lowest BCUT2D eigenvalue weighted by Crippen LogP contribution is -2.63. The van der Waals surface area contributed by atoms with Gasteiger partial charge in [-0.05, 0) is 69.1 Å². The molecule has 2 aliphatic heterocycles. The molecule has 0 saturated carbocycles. The molecule has 2 aromatic carbocycles. The Morgan fingerprint density at radius 2 is 1.45 bits per heavy atom. The predicted octanol–water partition coefficient (Wildman–Crippen LogP) is 3.58. The molecule has 13 heteroatoms. The summed E-state index contributed by atoms with van der Waals surface area (Å²) in [7, 11) is 0. The van der Waals surface area contributed by atoms with Crippen LogP contribution < -0.4 is 16.0 Å². The Labute approximate surface area is 228 Å². The molecule has 0 spiro atoms. The van der Waals surface area contributed by atoms with Crippen molar-refractivity contribution in [3.8, 4) is 0 Å². The van der Waals surface area contributed by atoms with Gasteiger partial charge in [0, 0.05) is 24.3 Å². The SMILES string of the molecule is NC(=O)C1(N2CCCCC2)CCN(c2ccc(NC(=O)c3ccccc3)c(C(=O)O)c2)CC1.O=C(O)C(F)(F)F. The van der Waals surface area contributed by atoms with E-state index in [0.29, 0.717) is 31.5 Å². The van der Waals surface area contributed by atoms with E-state index in [1.165, 1.54) is 6.42 Å². The number of anilines is 2. The van der Waals surface area contributed by atoms with E-state index in [2.05, 4.69) is 15.1 Å². The van der Waals surface area contributed by atoms with E-state index in [-0.39, 0.29) is 23.1 Å². The van der Waals surface area contributed by atoms with E-state index in [1.807, 2.05) is 12.1 Å². The molecule has 0 unspecified atom stereocenters. The first-order valence-electron chi connectivity index (χ1n) is 12.7. The Hall–Kier alpha value is -4.13. The lowest BCUT2D eigenvalue weighted by atomic mass is 9.83. The third kappa shape index (κ3) is 7.29. The molecule has 40 heavy (non-hydrogen) atoms. The number of carboxylic acid groups (broad SMARTS) is 2. The van der Waals surface area contributed by atoms with Crippen LogP contribution in [-0.2, 0) is 9.59 Å². The predicted molar refractivity (Wildman–Crippen MR) is 140 cm³/mol. The lowest BCUT2D eigenvalue weighted by Gasteiger charge is -2.48. The highest BCUT2D eigenvalue weighted by Crippen LogP contribution is 2.34. The zero-order valence-electron chi connectivity index (χ0n) is 21.6. The Kier molecular flexibility index (Phi) is 9.74. The number of nitrogens with one attached hydrogen (secondary N) is 1. The van der Waals surface area contributed by atoms with Crippen molar-refractivity contribution in [1.29, 1.82) is 0 Å². The van der Waals surface area contributed by atoms with Crippen molar-refractivity contribution < 1.29 is 42.6 Å². The number of rotatable bonds is 6. The average Bonchev–Trinajstić information content (AvgIpc) is 2.94. The molecule has 2 heterocycles. The zero-order chi connectivity index (χ0) is 29.5. The fourth-order valence-corrected chi connectivity index (χ4v) is 4.97. The monoisotopic (exact) mass is 564 g/mol. The van der Waals surface area contributed by atoms with Gasteiger partial charge in [-0.25, -0.2) is 9.59 Å². The third-order valence-electron chi connectivity index (χ3n) is 7.14. The number of nitrogens with two attached hydrogens (primary N) is 1. The van der Waals surface area contributed by atoms with Gasteiger partial charge in [-0.3, -0.25) is 14.5 Å². The number of primary amides is 1. The van der Waals surface area contributed by atoms with Crippen molar-refractivity contribution in [3.63, 3.8) is 0 Å². The molecule has 2 saturated heterocycles. The molecule has 2 aliphatic rings. The second-order valence-electron chi connectivity index (χ2n) is 9.59. The zero-order valence-corrected chi connectivity index (χ0v) is 21.6. The number of carbonyl (C=O) groups is 4. The summed E-state index contributed by atoms with van der Waals surface area (Å²) < 4.78 is 31.7. The molecule has 10 nitrogen and oxygen atoms in total. The molecule has 5 N–H and O–H groups in total. The van der Waals surface area contributed by atoms with Gasteiger partial charge >= 0.3 is 18.1 Å². The lowest BCUT2D eigenvalue weighted by molar-refractivity contribution is -0.192. The Balaban J connectivity index is 0.000000559. The Morgan fingerprint density at radius 1 is 0.875 bits per heavy atom. The number of halogens is 3. The molecular weight excluding hydrogens is 533 g/mol. The number of aromatic carboxylic acids is 1. The second-order valence-corrected chi connectivity index (χ2v) is 9.59. The van der Waals surface area contributed by atoms with Crippen LogP contribution in [0.25, 0.3) is 0 Å². The average molecular weight is 565 g/mol. The molecule has 2 amide bonds. The first kappa shape index (κ1) is 30.4.